The summed E-state index contributed by atoms with van der Waals surface area (Å²) < 4.78 is 0.0959. The van der Waals surface area contributed by atoms with E-state index in [-0.39, 0.29) is 4.74 Å². The molecule has 0 radical (unpaired) electrons. The van der Waals surface area contributed by atoms with Crippen molar-refractivity contribution in [1.82, 2.24) is 0 Å². The molecule has 66 valence electrons. The average molecular weight is 191 g/mol. The molecule has 3 heteroatoms. The molecule has 0 bridgehead atoms. The number of benzene rings is 1. The van der Waals surface area contributed by atoms with E-state index in [0.717, 1.165) is 15.6 Å². The molecular weight excluding hydrogens is 182 g/mol. The van der Waals surface area contributed by atoms with Crippen LogP contribution in [-0.2, 0) is 6.54 Å². The van der Waals surface area contributed by atoms with Crippen LogP contribution in [0.15, 0.2) is 35.1 Å². The Kier molecular flexibility index (Phi) is 2.12. The van der Waals surface area contributed by atoms with Crippen LogP contribution in [0.1, 0.15) is 4.88 Å². The summed E-state index contributed by atoms with van der Waals surface area (Å²) in [5.41, 5.74) is 5.48. The Morgan fingerprint density at radius 1 is 1.31 bits per heavy atom. The van der Waals surface area contributed by atoms with E-state index in [1.165, 1.54) is 11.3 Å². The van der Waals surface area contributed by atoms with Gasteiger partial charge in [0.1, 0.15) is 0 Å². The number of fused-ring (bicyclic) bond motifs is 1. The van der Waals surface area contributed by atoms with Gasteiger partial charge in [-0.15, -0.1) is 0 Å². The van der Waals surface area contributed by atoms with Crippen LogP contribution in [0.3, 0.4) is 0 Å². The molecule has 0 unspecified atom stereocenters. The maximum absolute atomic E-state index is 11.5. The van der Waals surface area contributed by atoms with Crippen LogP contribution in [-0.4, -0.2) is 0 Å². The molecule has 0 amide bonds. The molecule has 0 aliphatic rings. The SMILES string of the molecule is NCc1cc2ccccc2c(=O)s1. The molecule has 0 saturated carbocycles. The van der Waals surface area contributed by atoms with Crippen molar-refractivity contribution in [2.45, 2.75) is 6.54 Å². The summed E-state index contributed by atoms with van der Waals surface area (Å²) in [6.45, 7) is 0.435. The summed E-state index contributed by atoms with van der Waals surface area (Å²) in [6.07, 6.45) is 0. The highest BCUT2D eigenvalue weighted by molar-refractivity contribution is 7.09. The van der Waals surface area contributed by atoms with Gasteiger partial charge >= 0.3 is 0 Å². The third-order valence-electron chi connectivity index (χ3n) is 1.92. The molecule has 2 nitrogen and oxygen atoms in total. The summed E-state index contributed by atoms with van der Waals surface area (Å²) in [5.74, 6) is 0. The van der Waals surface area contributed by atoms with E-state index < -0.39 is 0 Å². The van der Waals surface area contributed by atoms with Crippen molar-refractivity contribution < 1.29 is 0 Å². The predicted molar refractivity (Wildman–Crippen MR) is 56.0 cm³/mol. The molecule has 13 heavy (non-hydrogen) atoms. The van der Waals surface area contributed by atoms with Crippen molar-refractivity contribution in [3.63, 3.8) is 0 Å². The van der Waals surface area contributed by atoms with Crippen LogP contribution in [0.4, 0.5) is 0 Å². The van der Waals surface area contributed by atoms with Crippen LogP contribution >= 0.6 is 11.3 Å². The van der Waals surface area contributed by atoms with Gasteiger partial charge in [-0.3, -0.25) is 4.79 Å². The quantitative estimate of drug-likeness (QED) is 0.745. The summed E-state index contributed by atoms with van der Waals surface area (Å²) in [5, 5.41) is 1.76. The van der Waals surface area contributed by atoms with Gasteiger partial charge in [-0.25, -0.2) is 0 Å². The Morgan fingerprint density at radius 3 is 2.85 bits per heavy atom. The molecule has 0 aliphatic heterocycles. The maximum atomic E-state index is 11.5. The zero-order chi connectivity index (χ0) is 9.26. The molecular formula is C10H9NOS. The van der Waals surface area contributed by atoms with Gasteiger partial charge in [0.2, 0.25) is 4.74 Å². The molecule has 1 aromatic heterocycles. The fraction of sp³-hybridized carbons (Fsp3) is 0.100. The van der Waals surface area contributed by atoms with Crippen molar-refractivity contribution >= 4 is 22.1 Å². The zero-order valence-corrected chi connectivity index (χ0v) is 7.80. The predicted octanol–water partition coefficient (Wildman–Crippen LogP) is 1.72. The Bertz CT molecular complexity index is 489. The standard InChI is InChI=1S/C10H9NOS/c11-6-8-5-7-3-1-2-4-9(7)10(12)13-8/h1-5H,6,11H2. The van der Waals surface area contributed by atoms with E-state index in [2.05, 4.69) is 0 Å². The first-order chi connectivity index (χ1) is 6.31. The highest BCUT2D eigenvalue weighted by Gasteiger charge is 1.99. The topological polar surface area (TPSA) is 43.1 Å². The Labute approximate surface area is 79.6 Å². The second-order valence-electron chi connectivity index (χ2n) is 2.79. The van der Waals surface area contributed by atoms with E-state index in [0.29, 0.717) is 6.54 Å². The molecule has 1 heterocycles. The molecule has 0 aliphatic carbocycles. The smallest absolute Gasteiger partial charge is 0.240 e. The van der Waals surface area contributed by atoms with Crippen LogP contribution < -0.4 is 10.5 Å². The van der Waals surface area contributed by atoms with Crippen molar-refractivity contribution in [1.29, 1.82) is 0 Å². The number of hydrogen-bond acceptors (Lipinski definition) is 3. The molecule has 1 aromatic carbocycles. The van der Waals surface area contributed by atoms with Gasteiger partial charge in [-0.2, -0.15) is 0 Å². The minimum absolute atomic E-state index is 0.0959. The lowest BCUT2D eigenvalue weighted by Crippen LogP contribution is -2.01. The minimum Gasteiger partial charge on any atom is -0.326 e. The largest absolute Gasteiger partial charge is 0.326 e. The lowest BCUT2D eigenvalue weighted by atomic mass is 10.2. The van der Waals surface area contributed by atoms with Crippen molar-refractivity contribution in [3.05, 3.63) is 44.7 Å². The van der Waals surface area contributed by atoms with E-state index in [9.17, 15) is 4.79 Å². The minimum atomic E-state index is 0.0959. The second-order valence-corrected chi connectivity index (χ2v) is 3.89. The number of nitrogens with two attached hydrogens (primary N) is 1. The number of rotatable bonds is 1. The molecule has 0 atom stereocenters. The zero-order valence-electron chi connectivity index (χ0n) is 6.99. The Hall–Kier alpha value is -1.19. The van der Waals surface area contributed by atoms with Gasteiger partial charge in [0, 0.05) is 16.8 Å². The third kappa shape index (κ3) is 1.48. The fourth-order valence-corrected chi connectivity index (χ4v) is 2.09. The van der Waals surface area contributed by atoms with Crippen molar-refractivity contribution in [2.75, 3.05) is 0 Å². The molecule has 2 N–H and O–H groups in total. The van der Waals surface area contributed by atoms with Crippen LogP contribution in [0.25, 0.3) is 10.8 Å². The van der Waals surface area contributed by atoms with E-state index in [1.54, 1.807) is 0 Å². The van der Waals surface area contributed by atoms with Crippen LogP contribution in [0.2, 0.25) is 0 Å². The highest BCUT2D eigenvalue weighted by Crippen LogP contribution is 2.13. The lowest BCUT2D eigenvalue weighted by molar-refractivity contribution is 1.11. The van der Waals surface area contributed by atoms with Crippen LogP contribution in [0, 0.1) is 0 Å². The molecule has 0 spiro atoms. The second kappa shape index (κ2) is 3.28. The monoisotopic (exact) mass is 191 g/mol. The van der Waals surface area contributed by atoms with Crippen LogP contribution in [0.5, 0.6) is 0 Å². The highest BCUT2D eigenvalue weighted by atomic mass is 32.1. The fourth-order valence-electron chi connectivity index (χ4n) is 1.29. The summed E-state index contributed by atoms with van der Waals surface area (Å²) >= 11 is 1.23. The molecule has 0 saturated heterocycles. The normalized spacial score (nSPS) is 10.5. The first-order valence-corrected chi connectivity index (χ1v) is 4.85. The van der Waals surface area contributed by atoms with Gasteiger partial charge in [0.25, 0.3) is 0 Å². The summed E-state index contributed by atoms with van der Waals surface area (Å²) in [4.78, 5) is 12.5. The van der Waals surface area contributed by atoms with E-state index >= 15 is 0 Å². The summed E-state index contributed by atoms with van der Waals surface area (Å²) in [7, 11) is 0. The van der Waals surface area contributed by atoms with Gasteiger partial charge in [-0.1, -0.05) is 29.5 Å². The maximum Gasteiger partial charge on any atom is 0.240 e. The first kappa shape index (κ1) is 8.41. The molecule has 2 aromatic rings. The average Bonchev–Trinajstić information content (AvgIpc) is 2.18. The van der Waals surface area contributed by atoms with Crippen molar-refractivity contribution in [2.24, 2.45) is 5.73 Å². The van der Waals surface area contributed by atoms with E-state index in [4.69, 9.17) is 5.73 Å². The molecule has 0 fully saturated rings. The third-order valence-corrected chi connectivity index (χ3v) is 2.87. The van der Waals surface area contributed by atoms with Gasteiger partial charge in [-0.05, 0) is 17.5 Å². The van der Waals surface area contributed by atoms with Crippen molar-refractivity contribution in [3.8, 4) is 0 Å². The first-order valence-electron chi connectivity index (χ1n) is 4.03. The Morgan fingerprint density at radius 2 is 2.08 bits per heavy atom. The summed E-state index contributed by atoms with van der Waals surface area (Å²) in [6, 6.07) is 9.55. The van der Waals surface area contributed by atoms with Gasteiger partial charge < -0.3 is 5.73 Å². The van der Waals surface area contributed by atoms with Gasteiger partial charge in [0.15, 0.2) is 0 Å². The number of hydrogen-bond donors (Lipinski definition) is 1. The van der Waals surface area contributed by atoms with E-state index in [1.807, 2.05) is 30.3 Å². The lowest BCUT2D eigenvalue weighted by Gasteiger charge is -1.97. The van der Waals surface area contributed by atoms with Gasteiger partial charge in [0.05, 0.1) is 0 Å². The molecule has 2 rings (SSSR count). The Balaban J connectivity index is 2.85.